The minimum Gasteiger partial charge on any atom is -0.336 e. The molecule has 0 bridgehead atoms. The van der Waals surface area contributed by atoms with Crippen LogP contribution in [0.3, 0.4) is 0 Å². The lowest BCUT2D eigenvalue weighted by atomic mass is 10.1. The van der Waals surface area contributed by atoms with E-state index in [9.17, 15) is 4.79 Å². The van der Waals surface area contributed by atoms with Gasteiger partial charge in [0.15, 0.2) is 0 Å². The Bertz CT molecular complexity index is 1190. The topological polar surface area (TPSA) is 77.1 Å². The third-order valence-electron chi connectivity index (χ3n) is 5.42. The molecule has 1 fully saturated rings. The molecule has 1 saturated carbocycles. The third-order valence-corrected chi connectivity index (χ3v) is 5.42. The van der Waals surface area contributed by atoms with Gasteiger partial charge in [0.1, 0.15) is 0 Å². The fourth-order valence-electron chi connectivity index (χ4n) is 3.62. The molecule has 146 valence electrons. The molecule has 1 aliphatic carbocycles. The molecule has 5 rings (SSSR count). The van der Waals surface area contributed by atoms with Crippen LogP contribution in [0.4, 0.5) is 5.69 Å². The van der Waals surface area contributed by atoms with Crippen LogP contribution >= 0.6 is 0 Å². The van der Waals surface area contributed by atoms with E-state index in [1.165, 1.54) is 0 Å². The highest BCUT2D eigenvalue weighted by atomic mass is 16.5. The van der Waals surface area contributed by atoms with Crippen LogP contribution in [0.5, 0.6) is 0 Å². The van der Waals surface area contributed by atoms with Gasteiger partial charge in [-0.1, -0.05) is 23.4 Å². The predicted octanol–water partition coefficient (Wildman–Crippen LogP) is 3.99. The van der Waals surface area contributed by atoms with Crippen LogP contribution in [0, 0.1) is 6.92 Å². The van der Waals surface area contributed by atoms with E-state index in [2.05, 4.69) is 15.2 Å². The Balaban J connectivity index is 1.64. The third kappa shape index (κ3) is 3.18. The first-order valence-electron chi connectivity index (χ1n) is 9.72. The largest absolute Gasteiger partial charge is 0.336 e. The van der Waals surface area contributed by atoms with Crippen molar-refractivity contribution >= 4 is 22.7 Å². The van der Waals surface area contributed by atoms with E-state index in [1.807, 2.05) is 56.4 Å². The standard InChI is InChI=1S/C22H21N5O2/c1-14-20-18(12-19(15-8-9-15)24-21(20)29-25-14)22(28)27(16-6-4-3-5-7-16)13-17-10-11-23-26(17)2/h3-7,10-12,15H,8-9,13H2,1-2H3. The van der Waals surface area contributed by atoms with Crippen molar-refractivity contribution in [3.05, 3.63) is 71.3 Å². The minimum absolute atomic E-state index is 0.0991. The van der Waals surface area contributed by atoms with Crippen LogP contribution < -0.4 is 4.90 Å². The van der Waals surface area contributed by atoms with E-state index >= 15 is 0 Å². The number of carbonyl (C=O) groups excluding carboxylic acids is 1. The molecule has 3 aromatic heterocycles. The summed E-state index contributed by atoms with van der Waals surface area (Å²) in [6.07, 6.45) is 3.93. The number of rotatable bonds is 5. The van der Waals surface area contributed by atoms with Crippen molar-refractivity contribution in [2.45, 2.75) is 32.2 Å². The second kappa shape index (κ2) is 6.84. The van der Waals surface area contributed by atoms with Gasteiger partial charge in [0, 0.05) is 30.5 Å². The van der Waals surface area contributed by atoms with Gasteiger partial charge in [-0.05, 0) is 44.0 Å². The van der Waals surface area contributed by atoms with Crippen LogP contribution in [0.1, 0.15) is 46.2 Å². The highest BCUT2D eigenvalue weighted by molar-refractivity contribution is 6.13. The highest BCUT2D eigenvalue weighted by Crippen LogP contribution is 2.40. The summed E-state index contributed by atoms with van der Waals surface area (Å²) in [7, 11) is 1.88. The maximum Gasteiger partial charge on any atom is 0.259 e. The molecule has 7 nitrogen and oxygen atoms in total. The zero-order chi connectivity index (χ0) is 20.0. The first-order valence-corrected chi connectivity index (χ1v) is 9.72. The van der Waals surface area contributed by atoms with Gasteiger partial charge in [-0.25, -0.2) is 4.98 Å². The number of aromatic nitrogens is 4. The molecule has 7 heteroatoms. The summed E-state index contributed by atoms with van der Waals surface area (Å²) in [4.78, 5) is 20.2. The molecule has 0 spiro atoms. The number of amides is 1. The number of aryl methyl sites for hydroxylation is 2. The van der Waals surface area contributed by atoms with Gasteiger partial charge in [-0.2, -0.15) is 5.10 Å². The first kappa shape index (κ1) is 17.6. The van der Waals surface area contributed by atoms with Crippen LogP contribution in [0.25, 0.3) is 11.1 Å². The molecule has 1 aliphatic rings. The lowest BCUT2D eigenvalue weighted by Crippen LogP contribution is -2.31. The van der Waals surface area contributed by atoms with Crippen molar-refractivity contribution < 1.29 is 9.32 Å². The molecule has 29 heavy (non-hydrogen) atoms. The van der Waals surface area contributed by atoms with Crippen LogP contribution in [0.15, 0.2) is 53.2 Å². The summed E-state index contributed by atoms with van der Waals surface area (Å²) in [6.45, 7) is 2.25. The number of hydrogen-bond donors (Lipinski definition) is 0. The lowest BCUT2D eigenvalue weighted by Gasteiger charge is -2.23. The maximum atomic E-state index is 13.8. The smallest absolute Gasteiger partial charge is 0.259 e. The van der Waals surface area contributed by atoms with Crippen LogP contribution in [-0.4, -0.2) is 25.8 Å². The fourth-order valence-corrected chi connectivity index (χ4v) is 3.62. The Labute approximate surface area is 167 Å². The lowest BCUT2D eigenvalue weighted by molar-refractivity contribution is 0.0986. The summed E-state index contributed by atoms with van der Waals surface area (Å²) in [5.74, 6) is 0.302. The van der Waals surface area contributed by atoms with Crippen molar-refractivity contribution in [1.29, 1.82) is 0 Å². The van der Waals surface area contributed by atoms with Gasteiger partial charge >= 0.3 is 0 Å². The van der Waals surface area contributed by atoms with Gasteiger partial charge in [-0.15, -0.1) is 0 Å². The Morgan fingerprint density at radius 3 is 2.72 bits per heavy atom. The summed E-state index contributed by atoms with van der Waals surface area (Å²) < 4.78 is 7.21. The van der Waals surface area contributed by atoms with Gasteiger partial charge < -0.3 is 9.42 Å². The summed E-state index contributed by atoms with van der Waals surface area (Å²) in [5.41, 5.74) is 4.37. The SMILES string of the molecule is Cc1noc2nc(C3CC3)cc(C(=O)N(Cc3ccnn3C)c3ccccc3)c12. The van der Waals surface area contributed by atoms with E-state index in [4.69, 9.17) is 4.52 Å². The molecule has 0 saturated heterocycles. The molecule has 4 aromatic rings. The van der Waals surface area contributed by atoms with Crippen LogP contribution in [-0.2, 0) is 13.6 Å². The zero-order valence-corrected chi connectivity index (χ0v) is 16.4. The van der Waals surface area contributed by atoms with Crippen molar-refractivity contribution in [3.8, 4) is 0 Å². The molecular formula is C22H21N5O2. The molecule has 0 aliphatic heterocycles. The fraction of sp³-hybridized carbons (Fsp3) is 0.273. The molecule has 0 radical (unpaired) electrons. The normalized spacial score (nSPS) is 13.7. The molecule has 3 heterocycles. The number of benzene rings is 1. The number of pyridine rings is 1. The van der Waals surface area contributed by atoms with Gasteiger partial charge in [0.25, 0.3) is 11.6 Å². The second-order valence-electron chi connectivity index (χ2n) is 7.49. The van der Waals surface area contributed by atoms with Crippen LogP contribution in [0.2, 0.25) is 0 Å². The Morgan fingerprint density at radius 2 is 2.03 bits per heavy atom. The minimum atomic E-state index is -0.0991. The monoisotopic (exact) mass is 387 g/mol. The van der Waals surface area contributed by atoms with E-state index in [1.54, 1.807) is 15.8 Å². The average Bonchev–Trinajstić information content (AvgIpc) is 3.42. The van der Waals surface area contributed by atoms with Crippen molar-refractivity contribution in [2.75, 3.05) is 4.90 Å². The molecular weight excluding hydrogens is 366 g/mol. The van der Waals surface area contributed by atoms with Crippen molar-refractivity contribution in [2.24, 2.45) is 7.05 Å². The highest BCUT2D eigenvalue weighted by Gasteiger charge is 2.30. The second-order valence-corrected chi connectivity index (χ2v) is 7.49. The summed E-state index contributed by atoms with van der Waals surface area (Å²) >= 11 is 0. The van der Waals surface area contributed by atoms with E-state index < -0.39 is 0 Å². The van der Waals surface area contributed by atoms with Crippen molar-refractivity contribution in [3.63, 3.8) is 0 Å². The van der Waals surface area contributed by atoms with E-state index in [0.717, 1.165) is 29.9 Å². The zero-order valence-electron chi connectivity index (χ0n) is 16.4. The number of fused-ring (bicyclic) bond motifs is 1. The predicted molar refractivity (Wildman–Crippen MR) is 109 cm³/mol. The number of hydrogen-bond acceptors (Lipinski definition) is 5. The quantitative estimate of drug-likeness (QED) is 0.517. The van der Waals surface area contributed by atoms with E-state index in [-0.39, 0.29) is 5.91 Å². The molecule has 1 amide bonds. The van der Waals surface area contributed by atoms with Gasteiger partial charge in [-0.3, -0.25) is 9.48 Å². The number of nitrogens with zero attached hydrogens (tertiary/aromatic N) is 5. The Hall–Kier alpha value is -3.48. The Morgan fingerprint density at radius 1 is 1.24 bits per heavy atom. The molecule has 1 aromatic carbocycles. The number of anilines is 1. The maximum absolute atomic E-state index is 13.8. The summed E-state index contributed by atoms with van der Waals surface area (Å²) in [6, 6.07) is 13.5. The Kier molecular flexibility index (Phi) is 4.16. The first-order chi connectivity index (χ1) is 14.1. The molecule has 0 atom stereocenters. The number of carbonyl (C=O) groups is 1. The molecule has 0 N–H and O–H groups in total. The van der Waals surface area contributed by atoms with Gasteiger partial charge in [0.2, 0.25) is 0 Å². The molecule has 0 unspecified atom stereocenters. The van der Waals surface area contributed by atoms with Gasteiger partial charge in [0.05, 0.1) is 28.9 Å². The van der Waals surface area contributed by atoms with Crippen molar-refractivity contribution in [1.82, 2.24) is 19.9 Å². The van der Waals surface area contributed by atoms with E-state index in [0.29, 0.717) is 34.8 Å². The summed E-state index contributed by atoms with van der Waals surface area (Å²) in [5, 5.41) is 8.99. The average molecular weight is 387 g/mol. The number of para-hydroxylation sites is 1.